The summed E-state index contributed by atoms with van der Waals surface area (Å²) in [5, 5.41) is 9.83. The molecule has 6 heteroatoms. The molecule has 0 unspecified atom stereocenters. The van der Waals surface area contributed by atoms with E-state index in [4.69, 9.17) is 11.6 Å². The maximum atomic E-state index is 12.2. The zero-order valence-electron chi connectivity index (χ0n) is 12.5. The van der Waals surface area contributed by atoms with Crippen molar-refractivity contribution in [2.75, 3.05) is 26.7 Å². The van der Waals surface area contributed by atoms with E-state index in [0.717, 1.165) is 15.8 Å². The molecule has 0 spiro atoms. The fourth-order valence-corrected chi connectivity index (χ4v) is 3.04. The molecule has 0 bridgehead atoms. The maximum absolute atomic E-state index is 12.2. The van der Waals surface area contributed by atoms with E-state index in [-0.39, 0.29) is 5.91 Å². The Morgan fingerprint density at radius 2 is 2.10 bits per heavy atom. The Labute approximate surface area is 129 Å². The lowest BCUT2D eigenvalue weighted by molar-refractivity contribution is -0.132. The lowest BCUT2D eigenvalue weighted by atomic mass is 10.1. The molecule has 0 aliphatic carbocycles. The molecular formula is C14H23ClN2O2S. The molecule has 114 valence electrons. The first-order valence-corrected chi connectivity index (χ1v) is 7.83. The molecule has 20 heavy (non-hydrogen) atoms. The third-order valence-electron chi connectivity index (χ3n) is 2.86. The van der Waals surface area contributed by atoms with Gasteiger partial charge in [-0.05, 0) is 32.5 Å². The minimum atomic E-state index is -0.795. The van der Waals surface area contributed by atoms with E-state index in [1.807, 2.05) is 24.0 Å². The molecule has 0 aliphatic rings. The number of rotatable bonds is 7. The van der Waals surface area contributed by atoms with E-state index in [9.17, 15) is 9.90 Å². The molecule has 0 radical (unpaired) electrons. The Balaban J connectivity index is 2.51. The van der Waals surface area contributed by atoms with Crippen LogP contribution in [0.5, 0.6) is 0 Å². The number of nitrogens with zero attached hydrogens (tertiary/aromatic N) is 2. The first-order valence-electron chi connectivity index (χ1n) is 6.64. The van der Waals surface area contributed by atoms with E-state index < -0.39 is 5.60 Å². The van der Waals surface area contributed by atoms with Gasteiger partial charge in [0.1, 0.15) is 0 Å². The fourth-order valence-electron chi connectivity index (χ4n) is 1.90. The second-order valence-corrected chi connectivity index (χ2v) is 7.37. The van der Waals surface area contributed by atoms with Gasteiger partial charge in [-0.1, -0.05) is 18.5 Å². The van der Waals surface area contributed by atoms with Gasteiger partial charge in [-0.25, -0.2) is 0 Å². The van der Waals surface area contributed by atoms with Gasteiger partial charge in [-0.2, -0.15) is 0 Å². The van der Waals surface area contributed by atoms with Crippen LogP contribution in [0, 0.1) is 0 Å². The summed E-state index contributed by atoms with van der Waals surface area (Å²) in [6.45, 7) is 7.57. The Morgan fingerprint density at radius 3 is 2.55 bits per heavy atom. The predicted octanol–water partition coefficient (Wildman–Crippen LogP) is 2.45. The van der Waals surface area contributed by atoms with Crippen molar-refractivity contribution < 1.29 is 9.90 Å². The van der Waals surface area contributed by atoms with E-state index >= 15 is 0 Å². The molecular weight excluding hydrogens is 296 g/mol. The van der Waals surface area contributed by atoms with Gasteiger partial charge in [0.25, 0.3) is 0 Å². The largest absolute Gasteiger partial charge is 0.389 e. The second kappa shape index (κ2) is 7.41. The molecule has 1 aromatic heterocycles. The van der Waals surface area contributed by atoms with Gasteiger partial charge < -0.3 is 10.0 Å². The van der Waals surface area contributed by atoms with Crippen LogP contribution < -0.4 is 0 Å². The number of hydrogen-bond donors (Lipinski definition) is 1. The van der Waals surface area contributed by atoms with Crippen molar-refractivity contribution in [3.8, 4) is 0 Å². The van der Waals surface area contributed by atoms with Gasteiger partial charge in [0.05, 0.1) is 23.0 Å². The van der Waals surface area contributed by atoms with Crippen LogP contribution in [-0.4, -0.2) is 53.1 Å². The third kappa shape index (κ3) is 6.22. The Hall–Kier alpha value is -0.620. The number of carbonyl (C=O) groups is 1. The van der Waals surface area contributed by atoms with Gasteiger partial charge in [0.2, 0.25) is 5.91 Å². The summed E-state index contributed by atoms with van der Waals surface area (Å²) in [7, 11) is 1.79. The first kappa shape index (κ1) is 17.4. The number of likely N-dealkylation sites (N-methyl/N-ethyl adjacent to an activating group) is 2. The van der Waals surface area contributed by atoms with Gasteiger partial charge in [0.15, 0.2) is 0 Å². The lowest BCUT2D eigenvalue weighted by Crippen LogP contribution is -2.44. The van der Waals surface area contributed by atoms with Crippen molar-refractivity contribution in [2.45, 2.75) is 32.9 Å². The number of aliphatic hydroxyl groups is 1. The van der Waals surface area contributed by atoms with Crippen LogP contribution in [0.4, 0.5) is 0 Å². The van der Waals surface area contributed by atoms with Crippen LogP contribution >= 0.6 is 22.9 Å². The van der Waals surface area contributed by atoms with Gasteiger partial charge >= 0.3 is 0 Å². The molecule has 0 aliphatic heterocycles. The van der Waals surface area contributed by atoms with E-state index in [2.05, 4.69) is 0 Å². The number of halogens is 1. The smallest absolute Gasteiger partial charge is 0.236 e. The van der Waals surface area contributed by atoms with Crippen LogP contribution in [0.15, 0.2) is 12.1 Å². The molecule has 0 saturated heterocycles. The molecule has 0 aromatic carbocycles. The SMILES string of the molecule is CCN(CC(=O)N(C)Cc1ccc(Cl)s1)CC(C)(C)O. The summed E-state index contributed by atoms with van der Waals surface area (Å²) in [5.74, 6) is 0.0422. The molecule has 4 nitrogen and oxygen atoms in total. The standard InChI is InChI=1S/C14H23ClN2O2S/c1-5-17(10-14(2,3)19)9-13(18)16(4)8-11-6-7-12(15)20-11/h6-7,19H,5,8-10H2,1-4H3. The van der Waals surface area contributed by atoms with E-state index in [1.165, 1.54) is 11.3 Å². The van der Waals surface area contributed by atoms with Crippen LogP contribution in [-0.2, 0) is 11.3 Å². The summed E-state index contributed by atoms with van der Waals surface area (Å²) in [6.07, 6.45) is 0. The third-order valence-corrected chi connectivity index (χ3v) is 4.08. The highest BCUT2D eigenvalue weighted by Crippen LogP contribution is 2.22. The number of amides is 1. The summed E-state index contributed by atoms with van der Waals surface area (Å²) in [4.78, 5) is 16.9. The summed E-state index contributed by atoms with van der Waals surface area (Å²) in [5.41, 5.74) is -0.795. The zero-order chi connectivity index (χ0) is 15.3. The normalized spacial score (nSPS) is 11.9. The molecule has 0 fully saturated rings. The van der Waals surface area contributed by atoms with Crippen LogP contribution in [0.25, 0.3) is 0 Å². The molecule has 0 atom stereocenters. The Bertz CT molecular complexity index is 443. The highest BCUT2D eigenvalue weighted by Gasteiger charge is 2.20. The highest BCUT2D eigenvalue weighted by atomic mass is 35.5. The lowest BCUT2D eigenvalue weighted by Gasteiger charge is -2.29. The van der Waals surface area contributed by atoms with Crippen molar-refractivity contribution in [2.24, 2.45) is 0 Å². The van der Waals surface area contributed by atoms with E-state index in [1.54, 1.807) is 25.8 Å². The quantitative estimate of drug-likeness (QED) is 0.840. The Morgan fingerprint density at radius 1 is 1.45 bits per heavy atom. The fraction of sp³-hybridized carbons (Fsp3) is 0.643. The first-order chi connectivity index (χ1) is 9.21. The van der Waals surface area contributed by atoms with Crippen molar-refractivity contribution in [1.29, 1.82) is 0 Å². The maximum Gasteiger partial charge on any atom is 0.236 e. The number of hydrogen-bond acceptors (Lipinski definition) is 4. The minimum absolute atomic E-state index is 0.0422. The molecule has 1 rings (SSSR count). The van der Waals surface area contributed by atoms with Gasteiger partial charge in [0, 0.05) is 18.5 Å². The Kier molecular flexibility index (Phi) is 6.45. The summed E-state index contributed by atoms with van der Waals surface area (Å²) < 4.78 is 0.734. The van der Waals surface area contributed by atoms with Crippen molar-refractivity contribution in [1.82, 2.24) is 9.80 Å². The van der Waals surface area contributed by atoms with Crippen molar-refractivity contribution in [3.63, 3.8) is 0 Å². The summed E-state index contributed by atoms with van der Waals surface area (Å²) >= 11 is 7.37. The van der Waals surface area contributed by atoms with E-state index in [0.29, 0.717) is 19.6 Å². The second-order valence-electron chi connectivity index (χ2n) is 5.57. The van der Waals surface area contributed by atoms with Gasteiger partial charge in [-0.15, -0.1) is 11.3 Å². The average molecular weight is 319 g/mol. The number of carbonyl (C=O) groups excluding carboxylic acids is 1. The molecule has 0 saturated carbocycles. The van der Waals surface area contributed by atoms with Crippen LogP contribution in [0.2, 0.25) is 4.34 Å². The van der Waals surface area contributed by atoms with Crippen molar-refractivity contribution in [3.05, 3.63) is 21.3 Å². The average Bonchev–Trinajstić information content (AvgIpc) is 2.71. The monoisotopic (exact) mass is 318 g/mol. The molecule has 1 N–H and O–H groups in total. The zero-order valence-corrected chi connectivity index (χ0v) is 14.1. The molecule has 1 amide bonds. The van der Waals surface area contributed by atoms with Crippen LogP contribution in [0.3, 0.4) is 0 Å². The molecule has 1 heterocycles. The minimum Gasteiger partial charge on any atom is -0.389 e. The topological polar surface area (TPSA) is 43.8 Å². The highest BCUT2D eigenvalue weighted by molar-refractivity contribution is 7.16. The van der Waals surface area contributed by atoms with Gasteiger partial charge in [-0.3, -0.25) is 9.69 Å². The van der Waals surface area contributed by atoms with Crippen molar-refractivity contribution >= 4 is 28.8 Å². The predicted molar refractivity (Wildman–Crippen MR) is 84.2 cm³/mol. The van der Waals surface area contributed by atoms with Crippen LogP contribution in [0.1, 0.15) is 25.6 Å². The molecule has 1 aromatic rings. The summed E-state index contributed by atoms with van der Waals surface area (Å²) in [6, 6.07) is 3.78. The number of thiophene rings is 1.